The molecule has 0 aromatic carbocycles. The molecule has 0 rings (SSSR count). The van der Waals surface area contributed by atoms with E-state index in [2.05, 4.69) is 61.7 Å². The van der Waals surface area contributed by atoms with Crippen molar-refractivity contribution in [3.8, 4) is 0 Å². The van der Waals surface area contributed by atoms with Crippen molar-refractivity contribution >= 4 is 59.3 Å². The topological polar surface area (TPSA) is 27.7 Å². The van der Waals surface area contributed by atoms with Gasteiger partial charge in [-0.05, 0) is 6.66 Å². The molecule has 82 valence electrons. The molecular weight excluding hydrogens is 352 g/mol. The molecule has 0 aliphatic rings. The van der Waals surface area contributed by atoms with Gasteiger partial charge in [-0.2, -0.15) is 0 Å². The fourth-order valence-corrected chi connectivity index (χ4v) is 0.224. The van der Waals surface area contributed by atoms with Gasteiger partial charge in [-0.15, -0.1) is 0 Å². The van der Waals surface area contributed by atoms with Crippen LogP contribution < -0.4 is 0 Å². The van der Waals surface area contributed by atoms with E-state index in [1.807, 2.05) is 0 Å². The van der Waals surface area contributed by atoms with E-state index in [4.69, 9.17) is 0 Å². The van der Waals surface area contributed by atoms with Gasteiger partial charge in [0.15, 0.2) is 0 Å². The standard InChI is InChI=1S/C2H7O2PS2.C2H7OPS2.Zn/c1-3-5(6,7)4-2;1-3-4(2,5)6;/h1-2H3,(H,6,7);1-2H3,(H,5,6);/q;;+2/p-2. The summed E-state index contributed by atoms with van der Waals surface area (Å²) in [5.74, 6) is 0. The van der Waals surface area contributed by atoms with Crippen LogP contribution in [0, 0.1) is 0 Å². The average Bonchev–Trinajstić information content (AvgIpc) is 2.04. The third-order valence-corrected chi connectivity index (χ3v) is 5.02. The Hall–Kier alpha value is 2.50. The Morgan fingerprint density at radius 3 is 1.14 bits per heavy atom. The van der Waals surface area contributed by atoms with Gasteiger partial charge >= 0.3 is 19.5 Å². The van der Waals surface area contributed by atoms with Crippen LogP contribution in [-0.2, 0) is 81.2 Å². The third-order valence-electron chi connectivity index (χ3n) is 0.779. The first kappa shape index (κ1) is 21.8. The number of hydrogen-bond acceptors (Lipinski definition) is 7. The molecule has 14 heavy (non-hydrogen) atoms. The Labute approximate surface area is 119 Å². The molecule has 10 heteroatoms. The van der Waals surface area contributed by atoms with Crippen LogP contribution in [0.2, 0.25) is 0 Å². The van der Waals surface area contributed by atoms with Crippen LogP contribution >= 0.6 is 11.2 Å². The second kappa shape index (κ2) is 10.6. The van der Waals surface area contributed by atoms with Gasteiger partial charge < -0.3 is 38.1 Å². The van der Waals surface area contributed by atoms with E-state index in [1.54, 1.807) is 13.8 Å². The van der Waals surface area contributed by atoms with E-state index < -0.39 is 11.2 Å². The molecule has 3 nitrogen and oxygen atoms in total. The van der Waals surface area contributed by atoms with Gasteiger partial charge in [0, 0.05) is 21.3 Å². The van der Waals surface area contributed by atoms with Gasteiger partial charge in [-0.25, -0.2) is 0 Å². The zero-order valence-corrected chi connectivity index (χ0v) is 16.5. The summed E-state index contributed by atoms with van der Waals surface area (Å²) in [4.78, 5) is 0. The van der Waals surface area contributed by atoms with Crippen LogP contribution in [-0.4, -0.2) is 28.0 Å². The van der Waals surface area contributed by atoms with Crippen molar-refractivity contribution in [2.75, 3.05) is 28.0 Å². The zero-order valence-electron chi connectivity index (χ0n) is 8.46. The van der Waals surface area contributed by atoms with E-state index in [1.165, 1.54) is 14.2 Å². The van der Waals surface area contributed by atoms with E-state index in [9.17, 15) is 0 Å². The molecule has 1 atom stereocenters. The second-order valence-corrected chi connectivity index (χ2v) is 13.8. The third kappa shape index (κ3) is 20.0. The van der Waals surface area contributed by atoms with Crippen LogP contribution in [0.5, 0.6) is 0 Å². The van der Waals surface area contributed by atoms with Crippen LogP contribution in [0.4, 0.5) is 0 Å². The number of rotatable bonds is 3. The predicted molar refractivity (Wildman–Crippen MR) is 70.3 cm³/mol. The molecule has 0 aromatic rings. The Morgan fingerprint density at radius 2 is 1.14 bits per heavy atom. The molecule has 0 saturated carbocycles. The van der Waals surface area contributed by atoms with Crippen molar-refractivity contribution < 1.29 is 33.0 Å². The van der Waals surface area contributed by atoms with Gasteiger partial charge in [0.25, 0.3) is 0 Å². The van der Waals surface area contributed by atoms with Gasteiger partial charge in [-0.3, -0.25) is 0 Å². The first-order valence-electron chi connectivity index (χ1n) is 2.95. The van der Waals surface area contributed by atoms with Gasteiger partial charge in [0.2, 0.25) is 0 Å². The summed E-state index contributed by atoms with van der Waals surface area (Å²) in [5.41, 5.74) is -3.97. The normalized spacial score (nSPS) is 14.4. The Bertz CT molecular complexity index is 213. The van der Waals surface area contributed by atoms with Crippen LogP contribution in [0.1, 0.15) is 0 Å². The molecule has 0 radical (unpaired) electrons. The average molecular weight is 364 g/mol. The second-order valence-electron chi connectivity index (χ2n) is 1.77. The van der Waals surface area contributed by atoms with Crippen LogP contribution in [0.25, 0.3) is 0 Å². The quantitative estimate of drug-likeness (QED) is 0.431. The molecule has 0 bridgehead atoms. The monoisotopic (exact) mass is 362 g/mol. The fraction of sp³-hybridized carbons (Fsp3) is 1.00. The van der Waals surface area contributed by atoms with Gasteiger partial charge in [0.05, 0.1) is 5.69 Å². The molecule has 1 unspecified atom stereocenters. The molecule has 0 fully saturated rings. The summed E-state index contributed by atoms with van der Waals surface area (Å²) in [6.07, 6.45) is 0. The maximum Gasteiger partial charge on any atom is 2.00 e. The maximum absolute atomic E-state index is 4.69. The molecule has 0 spiro atoms. The minimum absolute atomic E-state index is 0. The summed E-state index contributed by atoms with van der Waals surface area (Å²) >= 11 is 18.6. The summed E-state index contributed by atoms with van der Waals surface area (Å²) in [6.45, 7) is 1.76. The van der Waals surface area contributed by atoms with Crippen LogP contribution in [0.15, 0.2) is 0 Å². The molecule has 0 aromatic heterocycles. The Kier molecular flexibility index (Phi) is 16.5. The zero-order chi connectivity index (χ0) is 11.1. The fourth-order valence-electron chi connectivity index (χ4n) is 0.0745. The van der Waals surface area contributed by atoms with E-state index in [-0.39, 0.29) is 19.5 Å². The predicted octanol–water partition coefficient (Wildman–Crippen LogP) is 2.17. The first-order chi connectivity index (χ1) is 5.68. The Balaban J connectivity index is -0.000000163. The summed E-state index contributed by atoms with van der Waals surface area (Å²) in [7, 11) is 4.46. The molecule has 0 saturated heterocycles. The smallest absolute Gasteiger partial charge is 0.720 e. The molecule has 0 amide bonds. The Morgan fingerprint density at radius 1 is 0.929 bits per heavy atom. The molecule has 0 N–H and O–H groups in total. The van der Waals surface area contributed by atoms with E-state index >= 15 is 0 Å². The summed E-state index contributed by atoms with van der Waals surface area (Å²) in [6, 6.07) is 0. The van der Waals surface area contributed by atoms with E-state index in [0.29, 0.717) is 0 Å². The minimum Gasteiger partial charge on any atom is -0.720 e. The van der Waals surface area contributed by atoms with Gasteiger partial charge in [-0.1, -0.05) is 29.1 Å². The maximum atomic E-state index is 4.69. The van der Waals surface area contributed by atoms with Crippen LogP contribution in [0.3, 0.4) is 0 Å². The SMILES string of the molecule is COP(=S)([S-])OC.COP(C)(=S)[S-].[Zn+2]. The molecular formula is C4H12O3P2S4Zn. The summed E-state index contributed by atoms with van der Waals surface area (Å²) in [5, 5.41) is 0. The van der Waals surface area contributed by atoms with Crippen molar-refractivity contribution in [2.24, 2.45) is 0 Å². The van der Waals surface area contributed by atoms with Crippen molar-refractivity contribution in [3.63, 3.8) is 0 Å². The van der Waals surface area contributed by atoms with Crippen molar-refractivity contribution in [3.05, 3.63) is 0 Å². The molecule has 0 aliphatic heterocycles. The largest absolute Gasteiger partial charge is 2.00 e. The van der Waals surface area contributed by atoms with Crippen molar-refractivity contribution in [1.29, 1.82) is 0 Å². The molecule has 0 aliphatic carbocycles. The van der Waals surface area contributed by atoms with E-state index in [0.717, 1.165) is 0 Å². The number of hydrogen-bond donors (Lipinski definition) is 0. The van der Waals surface area contributed by atoms with Crippen molar-refractivity contribution in [2.45, 2.75) is 0 Å². The van der Waals surface area contributed by atoms with Gasteiger partial charge in [0.1, 0.15) is 0 Å². The minimum atomic E-state index is -2.24. The van der Waals surface area contributed by atoms with Crippen molar-refractivity contribution in [1.82, 2.24) is 0 Å². The summed E-state index contributed by atoms with van der Waals surface area (Å²) < 4.78 is 13.9. The first-order valence-corrected chi connectivity index (χ1v) is 10.8. The molecule has 0 heterocycles.